The van der Waals surface area contributed by atoms with Crippen LogP contribution in [0.3, 0.4) is 0 Å². The molecule has 0 spiro atoms. The van der Waals surface area contributed by atoms with E-state index >= 15 is 0 Å². The average Bonchev–Trinajstić information content (AvgIpc) is 2.53. The SMILES string of the molecule is ClCOc1cccc2[nH]cnc12. The Morgan fingerprint density at radius 2 is 2.42 bits per heavy atom. The van der Waals surface area contributed by atoms with Crippen molar-refractivity contribution >= 4 is 22.6 Å². The Hall–Kier alpha value is -1.22. The maximum absolute atomic E-state index is 5.44. The van der Waals surface area contributed by atoms with Crippen molar-refractivity contribution in [3.05, 3.63) is 24.5 Å². The largest absolute Gasteiger partial charge is 0.476 e. The van der Waals surface area contributed by atoms with Gasteiger partial charge in [0.1, 0.15) is 11.3 Å². The highest BCUT2D eigenvalue weighted by Gasteiger charge is 2.02. The number of H-pyrrole nitrogens is 1. The molecule has 1 aromatic heterocycles. The average molecular weight is 183 g/mol. The molecule has 3 nitrogen and oxygen atoms in total. The second kappa shape index (κ2) is 3.03. The molecule has 0 saturated heterocycles. The van der Waals surface area contributed by atoms with Crippen molar-refractivity contribution in [1.29, 1.82) is 0 Å². The van der Waals surface area contributed by atoms with E-state index in [2.05, 4.69) is 9.97 Å². The van der Waals surface area contributed by atoms with Crippen LogP contribution in [0.4, 0.5) is 0 Å². The van der Waals surface area contributed by atoms with Crippen molar-refractivity contribution in [2.24, 2.45) is 0 Å². The van der Waals surface area contributed by atoms with Crippen LogP contribution in [0.25, 0.3) is 11.0 Å². The number of hydrogen-bond acceptors (Lipinski definition) is 2. The first-order valence-electron chi connectivity index (χ1n) is 3.52. The van der Waals surface area contributed by atoms with E-state index in [1.807, 2.05) is 18.2 Å². The van der Waals surface area contributed by atoms with Crippen LogP contribution >= 0.6 is 11.6 Å². The van der Waals surface area contributed by atoms with Gasteiger partial charge in [-0.15, -0.1) is 0 Å². The van der Waals surface area contributed by atoms with E-state index in [1.54, 1.807) is 6.33 Å². The van der Waals surface area contributed by atoms with Crippen LogP contribution in [0.15, 0.2) is 24.5 Å². The highest BCUT2D eigenvalue weighted by Crippen LogP contribution is 2.21. The number of fused-ring (bicyclic) bond motifs is 1. The molecule has 0 aliphatic heterocycles. The molecule has 2 aromatic rings. The van der Waals surface area contributed by atoms with Crippen LogP contribution in [0.2, 0.25) is 0 Å². The molecule has 1 aromatic carbocycles. The minimum absolute atomic E-state index is 0.145. The Morgan fingerprint density at radius 3 is 3.25 bits per heavy atom. The summed E-state index contributed by atoms with van der Waals surface area (Å²) >= 11 is 5.44. The molecule has 0 saturated carbocycles. The molecule has 1 N–H and O–H groups in total. The van der Waals surface area contributed by atoms with Crippen LogP contribution in [-0.4, -0.2) is 16.0 Å². The number of aromatic nitrogens is 2. The fourth-order valence-corrected chi connectivity index (χ4v) is 1.23. The first-order valence-corrected chi connectivity index (χ1v) is 4.06. The monoisotopic (exact) mass is 182 g/mol. The fraction of sp³-hybridized carbons (Fsp3) is 0.125. The third kappa shape index (κ3) is 1.12. The molecule has 4 heteroatoms. The lowest BCUT2D eigenvalue weighted by Gasteiger charge is -2.00. The minimum Gasteiger partial charge on any atom is -0.476 e. The van der Waals surface area contributed by atoms with E-state index in [9.17, 15) is 0 Å². The van der Waals surface area contributed by atoms with Crippen LogP contribution in [0, 0.1) is 0 Å². The van der Waals surface area contributed by atoms with Gasteiger partial charge in [0.25, 0.3) is 0 Å². The van der Waals surface area contributed by atoms with Crippen LogP contribution in [-0.2, 0) is 0 Å². The van der Waals surface area contributed by atoms with Crippen LogP contribution in [0.5, 0.6) is 5.75 Å². The number of alkyl halides is 1. The smallest absolute Gasteiger partial charge is 0.162 e. The van der Waals surface area contributed by atoms with Crippen molar-refractivity contribution in [3.8, 4) is 5.75 Å². The van der Waals surface area contributed by atoms with Gasteiger partial charge in [-0.1, -0.05) is 17.7 Å². The third-order valence-electron chi connectivity index (χ3n) is 1.62. The molecule has 0 fully saturated rings. The first-order chi connectivity index (χ1) is 5.92. The molecule has 0 radical (unpaired) electrons. The summed E-state index contributed by atoms with van der Waals surface area (Å²) in [5, 5.41) is 0. The van der Waals surface area contributed by atoms with E-state index in [0.717, 1.165) is 11.0 Å². The van der Waals surface area contributed by atoms with E-state index in [1.165, 1.54) is 0 Å². The third-order valence-corrected chi connectivity index (χ3v) is 1.73. The van der Waals surface area contributed by atoms with Gasteiger partial charge in [0.05, 0.1) is 11.8 Å². The Balaban J connectivity index is 2.57. The highest BCUT2D eigenvalue weighted by atomic mass is 35.5. The molecule has 0 atom stereocenters. The summed E-state index contributed by atoms with van der Waals surface area (Å²) in [5.74, 6) is 0.712. The number of aromatic amines is 1. The molecule has 1 heterocycles. The van der Waals surface area contributed by atoms with Gasteiger partial charge in [-0.05, 0) is 12.1 Å². The predicted octanol–water partition coefficient (Wildman–Crippen LogP) is 2.14. The summed E-state index contributed by atoms with van der Waals surface area (Å²) < 4.78 is 5.16. The summed E-state index contributed by atoms with van der Waals surface area (Å²) in [6.45, 7) is 0. The standard InChI is InChI=1S/C8H7ClN2O/c9-4-12-7-3-1-2-6-8(7)11-5-10-6/h1-3,5H,4H2,(H,10,11). The number of halogens is 1. The molecule has 0 bridgehead atoms. The molecule has 12 heavy (non-hydrogen) atoms. The van der Waals surface area contributed by atoms with Gasteiger partial charge in [-0.25, -0.2) is 4.98 Å². The zero-order chi connectivity index (χ0) is 8.39. The van der Waals surface area contributed by atoms with Crippen molar-refractivity contribution < 1.29 is 4.74 Å². The number of ether oxygens (including phenoxy) is 1. The maximum atomic E-state index is 5.44. The van der Waals surface area contributed by atoms with Crippen molar-refractivity contribution in [2.75, 3.05) is 6.07 Å². The number of benzene rings is 1. The zero-order valence-electron chi connectivity index (χ0n) is 6.25. The van der Waals surface area contributed by atoms with Gasteiger partial charge in [0, 0.05) is 0 Å². The number of imidazole rings is 1. The minimum atomic E-state index is 0.145. The fourth-order valence-electron chi connectivity index (χ4n) is 1.11. The van der Waals surface area contributed by atoms with E-state index < -0.39 is 0 Å². The van der Waals surface area contributed by atoms with Crippen molar-refractivity contribution in [3.63, 3.8) is 0 Å². The summed E-state index contributed by atoms with van der Waals surface area (Å²) in [6.07, 6.45) is 1.63. The van der Waals surface area contributed by atoms with E-state index in [0.29, 0.717) is 5.75 Å². The van der Waals surface area contributed by atoms with Gasteiger partial charge in [0.2, 0.25) is 0 Å². The number of hydrogen-bond donors (Lipinski definition) is 1. The normalized spacial score (nSPS) is 10.4. The second-order valence-corrected chi connectivity index (χ2v) is 2.53. The summed E-state index contributed by atoms with van der Waals surface area (Å²) in [5.41, 5.74) is 1.77. The number of nitrogens with one attached hydrogen (secondary N) is 1. The number of nitrogens with zero attached hydrogens (tertiary/aromatic N) is 1. The summed E-state index contributed by atoms with van der Waals surface area (Å²) in [4.78, 5) is 7.08. The molecular formula is C8H7ClN2O. The molecule has 62 valence electrons. The van der Waals surface area contributed by atoms with Crippen molar-refractivity contribution in [1.82, 2.24) is 9.97 Å². The van der Waals surface area contributed by atoms with E-state index in [4.69, 9.17) is 16.3 Å². The Kier molecular flexibility index (Phi) is 1.87. The van der Waals surface area contributed by atoms with Gasteiger partial charge in [-0.2, -0.15) is 0 Å². The second-order valence-electron chi connectivity index (χ2n) is 2.31. The lowest BCUT2D eigenvalue weighted by atomic mass is 10.3. The topological polar surface area (TPSA) is 37.9 Å². The first kappa shape index (κ1) is 7.43. The Morgan fingerprint density at radius 1 is 1.50 bits per heavy atom. The maximum Gasteiger partial charge on any atom is 0.162 e. The van der Waals surface area contributed by atoms with Gasteiger partial charge in [0.15, 0.2) is 6.07 Å². The van der Waals surface area contributed by atoms with Gasteiger partial charge >= 0.3 is 0 Å². The molecular weight excluding hydrogens is 176 g/mol. The zero-order valence-corrected chi connectivity index (χ0v) is 7.01. The number of rotatable bonds is 2. The molecule has 0 amide bonds. The number of para-hydroxylation sites is 1. The Bertz CT molecular complexity index is 385. The predicted molar refractivity (Wildman–Crippen MR) is 47.4 cm³/mol. The molecule has 0 aliphatic carbocycles. The molecule has 0 unspecified atom stereocenters. The molecule has 0 aliphatic rings. The summed E-state index contributed by atoms with van der Waals surface area (Å²) in [6, 6.07) is 5.81. The lowest BCUT2D eigenvalue weighted by molar-refractivity contribution is 0.392. The van der Waals surface area contributed by atoms with Crippen LogP contribution < -0.4 is 4.74 Å². The van der Waals surface area contributed by atoms with Gasteiger partial charge < -0.3 is 9.72 Å². The van der Waals surface area contributed by atoms with E-state index in [-0.39, 0.29) is 6.07 Å². The molecule has 2 rings (SSSR count). The highest BCUT2D eigenvalue weighted by molar-refractivity contribution is 6.17. The summed E-state index contributed by atoms with van der Waals surface area (Å²) in [7, 11) is 0. The Labute approximate surface area is 74.3 Å². The lowest BCUT2D eigenvalue weighted by Crippen LogP contribution is -1.89. The van der Waals surface area contributed by atoms with Crippen LogP contribution in [0.1, 0.15) is 0 Å². The van der Waals surface area contributed by atoms with Gasteiger partial charge in [-0.3, -0.25) is 0 Å². The quantitative estimate of drug-likeness (QED) is 0.723. The van der Waals surface area contributed by atoms with Crippen molar-refractivity contribution in [2.45, 2.75) is 0 Å².